The number of carboxylic acid groups (broad SMARTS) is 1. The second-order valence-electron chi connectivity index (χ2n) is 11.2. The molecule has 41 heavy (non-hydrogen) atoms. The number of benzene rings is 3. The molecular weight excluding hydrogens is 522 g/mol. The maximum Gasteiger partial charge on any atom is 0.337 e. The number of ether oxygens (including phenoxy) is 1. The van der Waals surface area contributed by atoms with E-state index < -0.39 is 35.7 Å². The number of nitrogens with two attached hydrogens (primary N) is 1. The first-order chi connectivity index (χ1) is 19.5. The topological polar surface area (TPSA) is 139 Å². The second kappa shape index (κ2) is 12.2. The number of nitrogens with one attached hydrogen (secondary N) is 1. The number of primary amides is 1. The van der Waals surface area contributed by atoms with E-state index in [1.807, 2.05) is 60.7 Å². The Balaban J connectivity index is 2.01. The highest BCUT2D eigenvalue weighted by Crippen LogP contribution is 2.50. The Hall–Kier alpha value is -4.66. The third-order valence-electron chi connectivity index (χ3n) is 7.07. The number of hydrogen-bond donors (Lipinski definition) is 3. The molecule has 1 saturated heterocycles. The molecule has 9 nitrogen and oxygen atoms in total. The Kier molecular flexibility index (Phi) is 8.76. The van der Waals surface area contributed by atoms with Crippen molar-refractivity contribution in [2.75, 3.05) is 10.2 Å². The van der Waals surface area contributed by atoms with Crippen molar-refractivity contribution in [1.29, 1.82) is 0 Å². The molecule has 214 valence electrons. The highest BCUT2D eigenvalue weighted by Gasteiger charge is 2.48. The number of hydrogen-bond acceptors (Lipinski definition) is 6. The van der Waals surface area contributed by atoms with Gasteiger partial charge < -0.3 is 30.6 Å². The lowest BCUT2D eigenvalue weighted by Crippen LogP contribution is -2.43. The summed E-state index contributed by atoms with van der Waals surface area (Å²) in [6.45, 7) is 5.31. The zero-order valence-electron chi connectivity index (χ0n) is 23.4. The average molecular weight is 558 g/mol. The molecule has 0 spiro atoms. The smallest absolute Gasteiger partial charge is 0.337 e. The summed E-state index contributed by atoms with van der Waals surface area (Å²) in [6, 6.07) is 20.0. The first-order valence-electron chi connectivity index (χ1n) is 13.5. The molecule has 3 aromatic carbocycles. The van der Waals surface area contributed by atoms with Crippen molar-refractivity contribution in [1.82, 2.24) is 0 Å². The van der Waals surface area contributed by atoms with E-state index in [1.165, 1.54) is 12.1 Å². The van der Waals surface area contributed by atoms with Crippen LogP contribution in [0.25, 0.3) is 0 Å². The first kappa shape index (κ1) is 29.3. The van der Waals surface area contributed by atoms with Crippen LogP contribution in [0.1, 0.15) is 60.3 Å². The number of amides is 2. The van der Waals surface area contributed by atoms with E-state index in [-0.39, 0.29) is 29.3 Å². The number of rotatable bonds is 9. The van der Waals surface area contributed by atoms with Crippen LogP contribution < -0.4 is 16.0 Å². The molecule has 3 atom stereocenters. The normalized spacial score (nSPS) is 18.5. The molecule has 0 aliphatic carbocycles. The van der Waals surface area contributed by atoms with E-state index in [9.17, 15) is 24.3 Å². The van der Waals surface area contributed by atoms with Crippen LogP contribution in [-0.4, -0.2) is 41.0 Å². The number of carbonyl (C=O) groups excluding carboxylic acids is 3. The predicted octanol–water partition coefficient (Wildman–Crippen LogP) is 5.14. The predicted molar refractivity (Wildman–Crippen MR) is 156 cm³/mol. The third kappa shape index (κ3) is 6.74. The van der Waals surface area contributed by atoms with E-state index >= 15 is 0 Å². The summed E-state index contributed by atoms with van der Waals surface area (Å²) in [5.41, 5.74) is 7.09. The van der Waals surface area contributed by atoms with Crippen molar-refractivity contribution in [2.24, 2.45) is 11.7 Å². The third-order valence-corrected chi connectivity index (χ3v) is 7.07. The minimum Gasteiger partial charge on any atom is -0.478 e. The number of nitrogens with zero attached hydrogens (tertiary/aromatic N) is 1. The van der Waals surface area contributed by atoms with Crippen LogP contribution in [0.15, 0.2) is 72.8 Å². The molecule has 0 aromatic heterocycles. The van der Waals surface area contributed by atoms with Crippen molar-refractivity contribution in [3.8, 4) is 0 Å². The van der Waals surface area contributed by atoms with E-state index in [1.54, 1.807) is 25.7 Å². The van der Waals surface area contributed by atoms with Crippen LogP contribution in [0.2, 0.25) is 0 Å². The molecule has 1 heterocycles. The summed E-state index contributed by atoms with van der Waals surface area (Å²) in [6.07, 6.45) is 1.52. The molecule has 1 aliphatic heterocycles. The molecule has 2 amide bonds. The summed E-state index contributed by atoms with van der Waals surface area (Å²) in [7, 11) is 0. The summed E-state index contributed by atoms with van der Waals surface area (Å²) in [4.78, 5) is 52.1. The van der Waals surface area contributed by atoms with Crippen LogP contribution >= 0.6 is 0 Å². The second-order valence-corrected chi connectivity index (χ2v) is 11.2. The fourth-order valence-corrected chi connectivity index (χ4v) is 5.62. The largest absolute Gasteiger partial charge is 0.478 e. The van der Waals surface area contributed by atoms with Crippen molar-refractivity contribution < 1.29 is 29.0 Å². The van der Waals surface area contributed by atoms with Gasteiger partial charge in [-0.05, 0) is 62.3 Å². The van der Waals surface area contributed by atoms with Gasteiger partial charge in [-0.25, -0.2) is 14.4 Å². The van der Waals surface area contributed by atoms with Gasteiger partial charge in [0.25, 0.3) is 0 Å². The van der Waals surface area contributed by atoms with Crippen LogP contribution in [0.4, 0.5) is 16.2 Å². The summed E-state index contributed by atoms with van der Waals surface area (Å²) < 4.78 is 5.86. The van der Waals surface area contributed by atoms with Crippen LogP contribution in [-0.2, 0) is 27.2 Å². The molecule has 0 radical (unpaired) electrons. The lowest BCUT2D eigenvalue weighted by molar-refractivity contribution is -0.156. The Morgan fingerprint density at radius 3 is 2.22 bits per heavy atom. The summed E-state index contributed by atoms with van der Waals surface area (Å²) in [5, 5.41) is 12.9. The van der Waals surface area contributed by atoms with Crippen LogP contribution in [0.5, 0.6) is 0 Å². The number of urea groups is 1. The maximum absolute atomic E-state index is 13.9. The molecule has 4 N–H and O–H groups in total. The van der Waals surface area contributed by atoms with Crippen molar-refractivity contribution >= 4 is 35.6 Å². The zero-order valence-corrected chi connectivity index (χ0v) is 23.4. The number of carboxylic acids is 1. The lowest BCUT2D eigenvalue weighted by Gasteiger charge is -2.37. The van der Waals surface area contributed by atoms with Gasteiger partial charge in [0.15, 0.2) is 0 Å². The zero-order chi connectivity index (χ0) is 29.7. The number of aromatic carboxylic acids is 1. The van der Waals surface area contributed by atoms with Gasteiger partial charge >= 0.3 is 18.0 Å². The van der Waals surface area contributed by atoms with Crippen molar-refractivity contribution in [3.05, 3.63) is 95.1 Å². The van der Waals surface area contributed by atoms with E-state index in [4.69, 9.17) is 10.5 Å². The Bertz CT molecular complexity index is 1420. The highest BCUT2D eigenvalue weighted by molar-refractivity contribution is 6.04. The number of carbonyl (C=O) groups is 4. The van der Waals surface area contributed by atoms with Crippen molar-refractivity contribution in [2.45, 2.75) is 57.7 Å². The molecule has 1 fully saturated rings. The van der Waals surface area contributed by atoms with E-state index in [2.05, 4.69) is 5.32 Å². The van der Waals surface area contributed by atoms with E-state index in [0.717, 1.165) is 11.1 Å². The van der Waals surface area contributed by atoms with Gasteiger partial charge in [0.05, 0.1) is 23.0 Å². The molecule has 9 heteroatoms. The average Bonchev–Trinajstić information content (AvgIpc) is 3.28. The maximum atomic E-state index is 13.9. The van der Waals surface area contributed by atoms with Crippen LogP contribution in [0, 0.1) is 5.92 Å². The van der Waals surface area contributed by atoms with Gasteiger partial charge in [-0.2, -0.15) is 0 Å². The highest BCUT2D eigenvalue weighted by atomic mass is 16.6. The Morgan fingerprint density at radius 2 is 1.66 bits per heavy atom. The molecule has 4 rings (SSSR count). The lowest BCUT2D eigenvalue weighted by atomic mass is 9.87. The molecule has 1 aliphatic rings. The van der Waals surface area contributed by atoms with Crippen LogP contribution in [0.3, 0.4) is 0 Å². The fraction of sp³-hybridized carbons (Fsp3) is 0.312. The standard InChI is InChI=1S/C32H35N3O6/c1-32(2,3)41-30(39)25-19-23(18-20-10-6-4-7-11-20)27(22-12-8-5-9-13-22)35(25)28-24(29(37)38)15-14-21(16-17-36)26(28)34-31(33)40/h4-15,17,23,25,27H,16,18-19H2,1-3H3,(H,37,38)(H3,33,34,40). The number of anilines is 2. The SMILES string of the molecule is CC(C)(C)OC(=O)C1CC(Cc2ccccc2)C(c2ccccc2)N1c1c(C(=O)O)ccc(CC=O)c1NC(N)=O. The van der Waals surface area contributed by atoms with E-state index in [0.29, 0.717) is 24.7 Å². The van der Waals surface area contributed by atoms with Gasteiger partial charge in [-0.15, -0.1) is 0 Å². The molecule has 0 saturated carbocycles. The molecule has 3 unspecified atom stereocenters. The Morgan fingerprint density at radius 1 is 1.02 bits per heavy atom. The van der Waals surface area contributed by atoms with Gasteiger partial charge in [-0.3, -0.25) is 0 Å². The van der Waals surface area contributed by atoms with Gasteiger partial charge in [0.1, 0.15) is 17.9 Å². The summed E-state index contributed by atoms with van der Waals surface area (Å²) in [5.74, 6) is -1.92. The first-order valence-corrected chi connectivity index (χ1v) is 13.5. The van der Waals surface area contributed by atoms with Gasteiger partial charge in [-0.1, -0.05) is 66.7 Å². The van der Waals surface area contributed by atoms with Gasteiger partial charge in [0.2, 0.25) is 0 Å². The van der Waals surface area contributed by atoms with Gasteiger partial charge in [0, 0.05) is 6.42 Å². The minimum atomic E-state index is -1.26. The Labute approximate surface area is 239 Å². The summed E-state index contributed by atoms with van der Waals surface area (Å²) >= 11 is 0. The monoisotopic (exact) mass is 557 g/mol. The molecular formula is C32H35N3O6. The number of aldehydes is 1. The number of esters is 1. The molecule has 3 aromatic rings. The fourth-order valence-electron chi connectivity index (χ4n) is 5.62. The molecule has 0 bridgehead atoms. The van der Waals surface area contributed by atoms with Crippen molar-refractivity contribution in [3.63, 3.8) is 0 Å². The quantitative estimate of drug-likeness (QED) is 0.245. The minimum absolute atomic E-state index is 0.0827.